The van der Waals surface area contributed by atoms with Crippen molar-refractivity contribution in [1.82, 2.24) is 9.80 Å². The molecule has 4 nitrogen and oxygen atoms in total. The van der Waals surface area contributed by atoms with Gasteiger partial charge in [0.05, 0.1) is 0 Å². The Labute approximate surface area is 162 Å². The molecular weight excluding hydrogens is 336 g/mol. The van der Waals surface area contributed by atoms with Gasteiger partial charge in [-0.15, -0.1) is 0 Å². The maximum Gasteiger partial charge on any atom is 0.260 e. The quantitative estimate of drug-likeness (QED) is 0.809. The summed E-state index contributed by atoms with van der Waals surface area (Å²) in [7, 11) is 0. The number of benzene rings is 2. The van der Waals surface area contributed by atoms with Crippen LogP contribution < -0.4 is 4.74 Å². The van der Waals surface area contributed by atoms with Gasteiger partial charge in [0.1, 0.15) is 5.75 Å². The Hall–Kier alpha value is -2.33. The van der Waals surface area contributed by atoms with Crippen molar-refractivity contribution < 1.29 is 9.53 Å². The molecule has 1 aliphatic rings. The van der Waals surface area contributed by atoms with Crippen molar-refractivity contribution in [1.29, 1.82) is 0 Å². The van der Waals surface area contributed by atoms with E-state index in [9.17, 15) is 4.79 Å². The zero-order chi connectivity index (χ0) is 19.3. The van der Waals surface area contributed by atoms with Crippen LogP contribution in [-0.2, 0) is 16.8 Å². The van der Waals surface area contributed by atoms with Crippen LogP contribution in [0.15, 0.2) is 54.6 Å². The first kappa shape index (κ1) is 19.4. The van der Waals surface area contributed by atoms with Crippen molar-refractivity contribution in [3.63, 3.8) is 0 Å². The molecule has 3 rings (SSSR count). The van der Waals surface area contributed by atoms with E-state index in [4.69, 9.17) is 4.74 Å². The number of ether oxygens (including phenoxy) is 1. The Bertz CT molecular complexity index is 727. The summed E-state index contributed by atoms with van der Waals surface area (Å²) in [5, 5.41) is 0. The van der Waals surface area contributed by atoms with E-state index in [1.165, 1.54) is 11.1 Å². The molecule has 0 N–H and O–H groups in total. The number of piperazine rings is 1. The van der Waals surface area contributed by atoms with Gasteiger partial charge in [0.15, 0.2) is 6.61 Å². The summed E-state index contributed by atoms with van der Waals surface area (Å²) in [6.45, 7) is 10.9. The molecule has 1 saturated heterocycles. The van der Waals surface area contributed by atoms with Gasteiger partial charge in [-0.05, 0) is 28.7 Å². The van der Waals surface area contributed by atoms with Crippen LogP contribution in [0.3, 0.4) is 0 Å². The fraction of sp³-hybridized carbons (Fsp3) is 0.435. The highest BCUT2D eigenvalue weighted by Gasteiger charge is 2.21. The Kier molecular flexibility index (Phi) is 6.17. The van der Waals surface area contributed by atoms with Crippen LogP contribution in [-0.4, -0.2) is 48.5 Å². The smallest absolute Gasteiger partial charge is 0.260 e. The van der Waals surface area contributed by atoms with Crippen molar-refractivity contribution in [2.24, 2.45) is 0 Å². The molecule has 0 bridgehead atoms. The molecule has 2 aromatic rings. The molecule has 4 heteroatoms. The number of amides is 1. The van der Waals surface area contributed by atoms with Crippen molar-refractivity contribution in [2.75, 3.05) is 32.8 Å². The highest BCUT2D eigenvalue weighted by molar-refractivity contribution is 5.77. The first-order chi connectivity index (χ1) is 12.9. The van der Waals surface area contributed by atoms with E-state index in [2.05, 4.69) is 62.1 Å². The zero-order valence-electron chi connectivity index (χ0n) is 16.6. The molecule has 1 amide bonds. The number of rotatable bonds is 5. The highest BCUT2D eigenvalue weighted by Crippen LogP contribution is 2.24. The standard InChI is InChI=1S/C23H30N2O2/c1-23(2,3)20-9-11-21(12-10-20)27-18-22(26)25-15-13-24(14-16-25)17-19-7-5-4-6-8-19/h4-12H,13-18H2,1-3H3. The summed E-state index contributed by atoms with van der Waals surface area (Å²) in [5.74, 6) is 0.813. The molecule has 0 saturated carbocycles. The Morgan fingerprint density at radius 3 is 2.15 bits per heavy atom. The van der Waals surface area contributed by atoms with Gasteiger partial charge in [0, 0.05) is 32.7 Å². The van der Waals surface area contributed by atoms with Crippen molar-refractivity contribution in [3.8, 4) is 5.75 Å². The van der Waals surface area contributed by atoms with E-state index in [0.717, 1.165) is 38.5 Å². The molecule has 0 spiro atoms. The molecule has 0 radical (unpaired) electrons. The van der Waals surface area contributed by atoms with Crippen LogP contribution >= 0.6 is 0 Å². The molecule has 27 heavy (non-hydrogen) atoms. The number of hydrogen-bond acceptors (Lipinski definition) is 3. The molecule has 1 fully saturated rings. The number of carbonyl (C=O) groups excluding carboxylic acids is 1. The lowest BCUT2D eigenvalue weighted by molar-refractivity contribution is -0.135. The maximum atomic E-state index is 12.4. The average Bonchev–Trinajstić information content (AvgIpc) is 2.67. The highest BCUT2D eigenvalue weighted by atomic mass is 16.5. The second kappa shape index (κ2) is 8.57. The minimum absolute atomic E-state index is 0.0641. The predicted molar refractivity (Wildman–Crippen MR) is 109 cm³/mol. The molecule has 0 aromatic heterocycles. The van der Waals surface area contributed by atoms with Crippen molar-refractivity contribution in [2.45, 2.75) is 32.7 Å². The van der Waals surface area contributed by atoms with Crippen molar-refractivity contribution in [3.05, 3.63) is 65.7 Å². The summed E-state index contributed by atoms with van der Waals surface area (Å²) in [6.07, 6.45) is 0. The Balaban J connectivity index is 1.43. The molecule has 2 aromatic carbocycles. The fourth-order valence-electron chi connectivity index (χ4n) is 3.28. The third kappa shape index (κ3) is 5.57. The molecule has 0 aliphatic carbocycles. The Morgan fingerprint density at radius 2 is 1.56 bits per heavy atom. The molecule has 1 heterocycles. The summed E-state index contributed by atoms with van der Waals surface area (Å²) in [4.78, 5) is 16.7. The first-order valence-corrected chi connectivity index (χ1v) is 9.69. The SMILES string of the molecule is CC(C)(C)c1ccc(OCC(=O)N2CCN(Cc3ccccc3)CC2)cc1. The largest absolute Gasteiger partial charge is 0.484 e. The lowest BCUT2D eigenvalue weighted by Gasteiger charge is -2.34. The van der Waals surface area contributed by atoms with Gasteiger partial charge in [-0.1, -0.05) is 63.2 Å². The lowest BCUT2D eigenvalue weighted by Crippen LogP contribution is -2.49. The summed E-state index contributed by atoms with van der Waals surface area (Å²) in [5.41, 5.74) is 2.70. The third-order valence-electron chi connectivity index (χ3n) is 5.06. The van der Waals surface area contributed by atoms with E-state index in [0.29, 0.717) is 0 Å². The van der Waals surface area contributed by atoms with E-state index in [1.54, 1.807) is 0 Å². The monoisotopic (exact) mass is 366 g/mol. The topological polar surface area (TPSA) is 32.8 Å². The summed E-state index contributed by atoms with van der Waals surface area (Å²) >= 11 is 0. The van der Waals surface area contributed by atoms with Crippen LogP contribution in [0.25, 0.3) is 0 Å². The second-order valence-electron chi connectivity index (χ2n) is 8.21. The van der Waals surface area contributed by atoms with Gasteiger partial charge in [0.2, 0.25) is 0 Å². The molecule has 0 unspecified atom stereocenters. The van der Waals surface area contributed by atoms with Gasteiger partial charge >= 0.3 is 0 Å². The zero-order valence-corrected chi connectivity index (χ0v) is 16.6. The van der Waals surface area contributed by atoms with Gasteiger partial charge in [-0.3, -0.25) is 9.69 Å². The first-order valence-electron chi connectivity index (χ1n) is 9.69. The third-order valence-corrected chi connectivity index (χ3v) is 5.06. The molecule has 0 atom stereocenters. The van der Waals surface area contributed by atoms with E-state index >= 15 is 0 Å². The minimum atomic E-state index is 0.0641. The van der Waals surface area contributed by atoms with Crippen LogP contribution in [0.2, 0.25) is 0 Å². The van der Waals surface area contributed by atoms with Gasteiger partial charge in [-0.25, -0.2) is 0 Å². The van der Waals surface area contributed by atoms with Gasteiger partial charge < -0.3 is 9.64 Å². The molecule has 144 valence electrons. The van der Waals surface area contributed by atoms with Gasteiger partial charge in [0.25, 0.3) is 5.91 Å². The second-order valence-corrected chi connectivity index (χ2v) is 8.21. The minimum Gasteiger partial charge on any atom is -0.484 e. The van der Waals surface area contributed by atoms with E-state index < -0.39 is 0 Å². The fourth-order valence-corrected chi connectivity index (χ4v) is 3.28. The van der Waals surface area contributed by atoms with Crippen LogP contribution in [0, 0.1) is 0 Å². The van der Waals surface area contributed by atoms with E-state index in [-0.39, 0.29) is 17.9 Å². The Morgan fingerprint density at radius 1 is 0.926 bits per heavy atom. The number of carbonyl (C=O) groups is 1. The average molecular weight is 367 g/mol. The normalized spacial score (nSPS) is 15.6. The maximum absolute atomic E-state index is 12.4. The molecule has 1 aliphatic heterocycles. The lowest BCUT2D eigenvalue weighted by atomic mass is 9.87. The number of nitrogens with zero attached hydrogens (tertiary/aromatic N) is 2. The van der Waals surface area contributed by atoms with Crippen LogP contribution in [0.5, 0.6) is 5.75 Å². The van der Waals surface area contributed by atoms with Crippen LogP contribution in [0.1, 0.15) is 31.9 Å². The van der Waals surface area contributed by atoms with Gasteiger partial charge in [-0.2, -0.15) is 0 Å². The van der Waals surface area contributed by atoms with Crippen LogP contribution in [0.4, 0.5) is 0 Å². The summed E-state index contributed by atoms with van der Waals surface area (Å²) < 4.78 is 5.71. The predicted octanol–water partition coefficient (Wildman–Crippen LogP) is 3.71. The molecular formula is C23H30N2O2. The number of hydrogen-bond donors (Lipinski definition) is 0. The van der Waals surface area contributed by atoms with E-state index in [1.807, 2.05) is 23.1 Å². The summed E-state index contributed by atoms with van der Waals surface area (Å²) in [6, 6.07) is 18.5. The van der Waals surface area contributed by atoms with Crippen molar-refractivity contribution >= 4 is 5.91 Å².